The first kappa shape index (κ1) is 16.3. The molecule has 1 atom stereocenters. The Bertz CT molecular complexity index is 400. The van der Waals surface area contributed by atoms with Crippen LogP contribution in [0.25, 0.3) is 0 Å². The van der Waals surface area contributed by atoms with Crippen molar-refractivity contribution in [2.75, 3.05) is 33.3 Å². The van der Waals surface area contributed by atoms with Crippen molar-refractivity contribution in [1.29, 1.82) is 0 Å². The predicted octanol–water partition coefficient (Wildman–Crippen LogP) is 3.47. The third-order valence-corrected chi connectivity index (χ3v) is 4.26. The fourth-order valence-electron chi connectivity index (χ4n) is 2.70. The normalized spacial score (nSPS) is 16.2. The van der Waals surface area contributed by atoms with E-state index in [1.165, 1.54) is 31.4 Å². The lowest BCUT2D eigenvalue weighted by Gasteiger charge is -2.27. The molecule has 1 saturated carbocycles. The lowest BCUT2D eigenvalue weighted by atomic mass is 10.1. The molecule has 21 heavy (non-hydrogen) atoms. The van der Waals surface area contributed by atoms with Crippen LogP contribution in [0.4, 0.5) is 0 Å². The molecule has 0 saturated heterocycles. The van der Waals surface area contributed by atoms with Crippen molar-refractivity contribution in [3.63, 3.8) is 0 Å². The second-order valence-electron chi connectivity index (χ2n) is 6.08. The first-order valence-corrected chi connectivity index (χ1v) is 8.36. The zero-order chi connectivity index (χ0) is 15.1. The van der Waals surface area contributed by atoms with Gasteiger partial charge in [0.15, 0.2) is 0 Å². The third-order valence-electron chi connectivity index (χ3n) is 4.26. The molecule has 0 aliphatic heterocycles. The van der Waals surface area contributed by atoms with Gasteiger partial charge < -0.3 is 15.0 Å². The Kier molecular flexibility index (Phi) is 6.52. The minimum absolute atomic E-state index is 0.412. The fraction of sp³-hybridized carbons (Fsp3) is 0.667. The Morgan fingerprint density at radius 1 is 1.24 bits per heavy atom. The van der Waals surface area contributed by atoms with Gasteiger partial charge in [-0.3, -0.25) is 0 Å². The molecule has 0 spiro atoms. The Morgan fingerprint density at radius 3 is 2.48 bits per heavy atom. The van der Waals surface area contributed by atoms with Gasteiger partial charge in [0.1, 0.15) is 5.75 Å². The number of likely N-dealkylation sites (N-methyl/N-ethyl adjacent to an activating group) is 1. The van der Waals surface area contributed by atoms with Crippen LogP contribution in [-0.2, 0) is 0 Å². The average Bonchev–Trinajstić information content (AvgIpc) is 3.34. The summed E-state index contributed by atoms with van der Waals surface area (Å²) in [5.41, 5.74) is 1.36. The monoisotopic (exact) mass is 290 g/mol. The van der Waals surface area contributed by atoms with Gasteiger partial charge in [0, 0.05) is 19.1 Å². The van der Waals surface area contributed by atoms with E-state index in [2.05, 4.69) is 48.3 Å². The molecule has 1 unspecified atom stereocenters. The molecule has 0 aromatic heterocycles. The minimum Gasteiger partial charge on any atom is -0.497 e. The van der Waals surface area contributed by atoms with Gasteiger partial charge in [0.25, 0.3) is 0 Å². The van der Waals surface area contributed by atoms with Gasteiger partial charge in [-0.25, -0.2) is 0 Å². The van der Waals surface area contributed by atoms with Crippen molar-refractivity contribution in [3.05, 3.63) is 29.8 Å². The smallest absolute Gasteiger partial charge is 0.118 e. The Morgan fingerprint density at radius 2 is 1.95 bits per heavy atom. The topological polar surface area (TPSA) is 24.5 Å². The van der Waals surface area contributed by atoms with Crippen molar-refractivity contribution in [2.45, 2.75) is 39.2 Å². The van der Waals surface area contributed by atoms with E-state index in [9.17, 15) is 0 Å². The lowest BCUT2D eigenvalue weighted by molar-refractivity contribution is 0.244. The van der Waals surface area contributed by atoms with Crippen molar-refractivity contribution < 1.29 is 4.74 Å². The van der Waals surface area contributed by atoms with Crippen molar-refractivity contribution in [3.8, 4) is 5.75 Å². The number of nitrogens with zero attached hydrogens (tertiary/aromatic N) is 1. The molecule has 1 aromatic rings. The van der Waals surface area contributed by atoms with Gasteiger partial charge in [0.05, 0.1) is 7.11 Å². The lowest BCUT2D eigenvalue weighted by Crippen LogP contribution is -2.36. The summed E-state index contributed by atoms with van der Waals surface area (Å²) in [7, 11) is 1.72. The molecule has 1 fully saturated rings. The second-order valence-corrected chi connectivity index (χ2v) is 6.08. The van der Waals surface area contributed by atoms with E-state index in [1.54, 1.807) is 7.11 Å². The highest BCUT2D eigenvalue weighted by Crippen LogP contribution is 2.30. The fourth-order valence-corrected chi connectivity index (χ4v) is 2.70. The molecule has 1 aliphatic carbocycles. The molecule has 0 amide bonds. The number of nitrogens with one attached hydrogen (secondary N) is 1. The average molecular weight is 290 g/mol. The zero-order valence-corrected chi connectivity index (χ0v) is 13.8. The highest BCUT2D eigenvalue weighted by Gasteiger charge is 2.25. The molecule has 0 radical (unpaired) electrons. The molecular weight excluding hydrogens is 260 g/mol. The third kappa shape index (κ3) is 5.33. The summed E-state index contributed by atoms with van der Waals surface area (Å²) in [6.45, 7) is 9.05. The summed E-state index contributed by atoms with van der Waals surface area (Å²) in [5.74, 6) is 1.88. The number of hydrogen-bond acceptors (Lipinski definition) is 3. The number of rotatable bonds is 10. The first-order chi connectivity index (χ1) is 10.3. The van der Waals surface area contributed by atoms with E-state index in [4.69, 9.17) is 4.74 Å². The number of hydrogen-bond donors (Lipinski definition) is 1. The molecule has 3 nitrogen and oxygen atoms in total. The SMILES string of the molecule is CCCNC(CN(CC)CC1CC1)c1ccc(OC)cc1. The maximum Gasteiger partial charge on any atom is 0.118 e. The van der Waals surface area contributed by atoms with E-state index in [-0.39, 0.29) is 0 Å². The number of benzene rings is 1. The number of ether oxygens (including phenoxy) is 1. The summed E-state index contributed by atoms with van der Waals surface area (Å²) >= 11 is 0. The van der Waals surface area contributed by atoms with Crippen LogP contribution in [0.3, 0.4) is 0 Å². The molecule has 1 aliphatic rings. The first-order valence-electron chi connectivity index (χ1n) is 8.36. The second kappa shape index (κ2) is 8.40. The van der Waals surface area contributed by atoms with Crippen LogP contribution >= 0.6 is 0 Å². The van der Waals surface area contributed by atoms with E-state index < -0.39 is 0 Å². The van der Waals surface area contributed by atoms with E-state index in [0.29, 0.717) is 6.04 Å². The van der Waals surface area contributed by atoms with Crippen molar-refractivity contribution >= 4 is 0 Å². The highest BCUT2D eigenvalue weighted by molar-refractivity contribution is 5.29. The van der Waals surface area contributed by atoms with Crippen LogP contribution in [-0.4, -0.2) is 38.2 Å². The molecule has 2 rings (SSSR count). The molecule has 0 heterocycles. The Labute approximate surface area is 129 Å². The molecule has 0 bridgehead atoms. The molecular formula is C18H30N2O. The van der Waals surface area contributed by atoms with Crippen LogP contribution < -0.4 is 10.1 Å². The van der Waals surface area contributed by atoms with Crippen molar-refractivity contribution in [2.24, 2.45) is 5.92 Å². The van der Waals surface area contributed by atoms with Crippen LogP contribution in [0.2, 0.25) is 0 Å². The van der Waals surface area contributed by atoms with Gasteiger partial charge in [-0.15, -0.1) is 0 Å². The summed E-state index contributed by atoms with van der Waals surface area (Å²) in [5, 5.41) is 3.70. The van der Waals surface area contributed by atoms with Gasteiger partial charge in [0.2, 0.25) is 0 Å². The summed E-state index contributed by atoms with van der Waals surface area (Å²) < 4.78 is 5.26. The maximum absolute atomic E-state index is 5.26. The standard InChI is InChI=1S/C18H30N2O/c1-4-12-19-18(14-20(5-2)13-15-6-7-15)16-8-10-17(21-3)11-9-16/h8-11,15,18-19H,4-7,12-14H2,1-3H3. The Balaban J connectivity index is 2.00. The summed E-state index contributed by atoms with van der Waals surface area (Å²) in [6, 6.07) is 8.92. The van der Waals surface area contributed by atoms with Crippen molar-refractivity contribution in [1.82, 2.24) is 10.2 Å². The van der Waals surface area contributed by atoms with E-state index in [0.717, 1.165) is 31.3 Å². The molecule has 3 heteroatoms. The molecule has 1 N–H and O–H groups in total. The van der Waals surface area contributed by atoms with Crippen LogP contribution in [0.15, 0.2) is 24.3 Å². The maximum atomic E-state index is 5.26. The molecule has 118 valence electrons. The largest absolute Gasteiger partial charge is 0.497 e. The minimum atomic E-state index is 0.412. The van der Waals surface area contributed by atoms with Gasteiger partial charge in [-0.2, -0.15) is 0 Å². The molecule has 1 aromatic carbocycles. The van der Waals surface area contributed by atoms with E-state index in [1.807, 2.05) is 0 Å². The van der Waals surface area contributed by atoms with Gasteiger partial charge in [-0.1, -0.05) is 26.0 Å². The van der Waals surface area contributed by atoms with Crippen LogP contribution in [0, 0.1) is 5.92 Å². The van der Waals surface area contributed by atoms with Crippen LogP contribution in [0.5, 0.6) is 5.75 Å². The van der Waals surface area contributed by atoms with Crippen LogP contribution in [0.1, 0.15) is 44.7 Å². The number of methoxy groups -OCH3 is 1. The van der Waals surface area contributed by atoms with Gasteiger partial charge in [-0.05, 0) is 56.0 Å². The van der Waals surface area contributed by atoms with E-state index >= 15 is 0 Å². The quantitative estimate of drug-likeness (QED) is 0.714. The van der Waals surface area contributed by atoms with Gasteiger partial charge >= 0.3 is 0 Å². The summed E-state index contributed by atoms with van der Waals surface area (Å²) in [4.78, 5) is 2.59. The zero-order valence-electron chi connectivity index (χ0n) is 13.8. The Hall–Kier alpha value is -1.06. The summed E-state index contributed by atoms with van der Waals surface area (Å²) in [6.07, 6.45) is 4.01. The predicted molar refractivity (Wildman–Crippen MR) is 88.9 cm³/mol. The highest BCUT2D eigenvalue weighted by atomic mass is 16.5.